The van der Waals surface area contributed by atoms with Crippen molar-refractivity contribution >= 4 is 38.7 Å². The number of fused-ring (bicyclic) bond motifs is 1. The van der Waals surface area contributed by atoms with Crippen LogP contribution in [0, 0.1) is 0 Å². The second-order valence-electron chi connectivity index (χ2n) is 6.88. The first-order valence-corrected chi connectivity index (χ1v) is 11.1. The van der Waals surface area contributed by atoms with Gasteiger partial charge in [0, 0.05) is 24.9 Å². The van der Waals surface area contributed by atoms with Crippen molar-refractivity contribution in [3.05, 3.63) is 76.7 Å². The van der Waals surface area contributed by atoms with E-state index in [2.05, 4.69) is 5.32 Å². The smallest absolute Gasteiger partial charge is 0.248 e. The molecule has 9 heteroatoms. The van der Waals surface area contributed by atoms with Crippen molar-refractivity contribution in [3.8, 4) is 0 Å². The van der Waals surface area contributed by atoms with E-state index in [1.165, 1.54) is 47.0 Å². The standard InChI is InChI=1S/C22H20N2O6S/c25-21(10-5-16-15-30-20-4-2-1-3-19(20)22(16)26)23-17-6-8-18(9-7-17)31(27,28)24-11-13-29-14-12-24/h1-10,15H,11-14H2,(H,23,25)/b10-5+. The molecular weight excluding hydrogens is 420 g/mol. The van der Waals surface area contributed by atoms with Gasteiger partial charge in [-0.15, -0.1) is 0 Å². The fourth-order valence-electron chi connectivity index (χ4n) is 3.20. The van der Waals surface area contributed by atoms with E-state index in [1.807, 2.05) is 0 Å². The summed E-state index contributed by atoms with van der Waals surface area (Å²) >= 11 is 0. The highest BCUT2D eigenvalue weighted by molar-refractivity contribution is 7.89. The molecule has 0 atom stereocenters. The molecule has 0 radical (unpaired) electrons. The number of anilines is 1. The molecule has 1 saturated heterocycles. The number of ether oxygens (including phenoxy) is 1. The minimum Gasteiger partial charge on any atom is -0.463 e. The Bertz CT molecular complexity index is 1290. The predicted octanol–water partition coefficient (Wildman–Crippen LogP) is 2.47. The molecule has 1 amide bonds. The Kier molecular flexibility index (Phi) is 5.99. The number of amides is 1. The van der Waals surface area contributed by atoms with Gasteiger partial charge in [-0.1, -0.05) is 12.1 Å². The lowest BCUT2D eigenvalue weighted by Crippen LogP contribution is -2.40. The van der Waals surface area contributed by atoms with Crippen molar-refractivity contribution in [2.24, 2.45) is 0 Å². The minimum absolute atomic E-state index is 0.150. The fraction of sp³-hybridized carbons (Fsp3) is 0.182. The Balaban J connectivity index is 1.44. The van der Waals surface area contributed by atoms with Crippen molar-refractivity contribution in [3.63, 3.8) is 0 Å². The summed E-state index contributed by atoms with van der Waals surface area (Å²) in [6, 6.07) is 12.8. The number of hydrogen-bond acceptors (Lipinski definition) is 6. The Morgan fingerprint density at radius 2 is 1.74 bits per heavy atom. The monoisotopic (exact) mass is 440 g/mol. The number of nitrogens with zero attached hydrogens (tertiary/aromatic N) is 1. The van der Waals surface area contributed by atoms with Gasteiger partial charge in [0.05, 0.1) is 29.1 Å². The molecule has 1 aromatic heterocycles. The summed E-state index contributed by atoms with van der Waals surface area (Å²) in [4.78, 5) is 24.8. The van der Waals surface area contributed by atoms with Gasteiger partial charge in [-0.25, -0.2) is 8.42 Å². The summed E-state index contributed by atoms with van der Waals surface area (Å²) < 4.78 is 37.3. The number of hydrogen-bond donors (Lipinski definition) is 1. The van der Waals surface area contributed by atoms with Crippen LogP contribution in [0.4, 0.5) is 5.69 Å². The molecule has 1 aliphatic heterocycles. The third-order valence-electron chi connectivity index (χ3n) is 4.85. The summed E-state index contributed by atoms with van der Waals surface area (Å²) in [6.45, 7) is 1.37. The normalized spacial score (nSPS) is 15.4. The van der Waals surface area contributed by atoms with Gasteiger partial charge >= 0.3 is 0 Å². The fourth-order valence-corrected chi connectivity index (χ4v) is 4.61. The SMILES string of the molecule is O=C(/C=C/c1coc2ccccc2c1=O)Nc1ccc(S(=O)(=O)N2CCOCC2)cc1. The van der Waals surface area contributed by atoms with Crippen LogP contribution in [0.1, 0.15) is 5.56 Å². The highest BCUT2D eigenvalue weighted by Gasteiger charge is 2.26. The zero-order valence-corrected chi connectivity index (χ0v) is 17.3. The topological polar surface area (TPSA) is 106 Å². The van der Waals surface area contributed by atoms with Crippen molar-refractivity contribution in [1.29, 1.82) is 0 Å². The molecule has 0 spiro atoms. The van der Waals surface area contributed by atoms with E-state index >= 15 is 0 Å². The van der Waals surface area contributed by atoms with E-state index in [0.717, 1.165) is 0 Å². The van der Waals surface area contributed by atoms with Crippen molar-refractivity contribution in [1.82, 2.24) is 4.31 Å². The molecule has 0 saturated carbocycles. The highest BCUT2D eigenvalue weighted by Crippen LogP contribution is 2.19. The van der Waals surface area contributed by atoms with Gasteiger partial charge in [0.2, 0.25) is 15.9 Å². The molecule has 160 valence electrons. The van der Waals surface area contributed by atoms with Crippen molar-refractivity contribution < 1.29 is 22.4 Å². The lowest BCUT2D eigenvalue weighted by Gasteiger charge is -2.26. The third-order valence-corrected chi connectivity index (χ3v) is 6.76. The van der Waals surface area contributed by atoms with E-state index < -0.39 is 15.9 Å². The van der Waals surface area contributed by atoms with Crippen LogP contribution < -0.4 is 10.7 Å². The molecule has 8 nitrogen and oxygen atoms in total. The minimum atomic E-state index is -3.59. The molecule has 3 aromatic rings. The summed E-state index contributed by atoms with van der Waals surface area (Å²) in [7, 11) is -3.59. The first-order chi connectivity index (χ1) is 14.9. The Labute approximate surface area is 178 Å². The van der Waals surface area contributed by atoms with Gasteiger partial charge < -0.3 is 14.5 Å². The van der Waals surface area contributed by atoms with Crippen LogP contribution in [0.5, 0.6) is 0 Å². The maximum atomic E-state index is 12.6. The zero-order chi connectivity index (χ0) is 21.8. The van der Waals surface area contributed by atoms with Gasteiger partial charge in [0.15, 0.2) is 5.43 Å². The van der Waals surface area contributed by atoms with Crippen molar-refractivity contribution in [2.45, 2.75) is 4.90 Å². The molecule has 4 rings (SSSR count). The Morgan fingerprint density at radius 3 is 2.48 bits per heavy atom. The number of para-hydroxylation sites is 1. The maximum Gasteiger partial charge on any atom is 0.248 e. The van der Waals surface area contributed by atoms with Crippen LogP contribution in [-0.4, -0.2) is 44.9 Å². The Morgan fingerprint density at radius 1 is 1.03 bits per heavy atom. The third kappa shape index (κ3) is 4.58. The highest BCUT2D eigenvalue weighted by atomic mass is 32.2. The second-order valence-corrected chi connectivity index (χ2v) is 8.82. The average molecular weight is 440 g/mol. The van der Waals surface area contributed by atoms with Gasteiger partial charge in [-0.3, -0.25) is 9.59 Å². The quantitative estimate of drug-likeness (QED) is 0.611. The van der Waals surface area contributed by atoms with Gasteiger partial charge in [-0.2, -0.15) is 4.31 Å². The summed E-state index contributed by atoms with van der Waals surface area (Å²) in [6.07, 6.45) is 3.91. The molecule has 1 fully saturated rings. The molecular formula is C22H20N2O6S. The van der Waals surface area contributed by atoms with Crippen LogP contribution in [-0.2, 0) is 19.6 Å². The molecule has 0 aliphatic carbocycles. The molecule has 0 bridgehead atoms. The molecule has 31 heavy (non-hydrogen) atoms. The molecule has 0 unspecified atom stereocenters. The molecule has 1 aliphatic rings. The number of carbonyl (C=O) groups excluding carboxylic acids is 1. The number of sulfonamides is 1. The predicted molar refractivity (Wildman–Crippen MR) is 116 cm³/mol. The van der Waals surface area contributed by atoms with E-state index in [9.17, 15) is 18.0 Å². The van der Waals surface area contributed by atoms with Crippen LogP contribution in [0.15, 0.2) is 75.0 Å². The second kappa shape index (κ2) is 8.84. The summed E-state index contributed by atoms with van der Waals surface area (Å²) in [5.41, 5.74) is 0.923. The van der Waals surface area contributed by atoms with Gasteiger partial charge in [0.1, 0.15) is 11.8 Å². The van der Waals surface area contributed by atoms with Crippen LogP contribution >= 0.6 is 0 Å². The van der Waals surface area contributed by atoms with Crippen LogP contribution in [0.25, 0.3) is 17.0 Å². The van der Waals surface area contributed by atoms with E-state index in [0.29, 0.717) is 43.0 Å². The first kappa shape index (κ1) is 21.0. The lowest BCUT2D eigenvalue weighted by molar-refractivity contribution is -0.111. The number of nitrogens with one attached hydrogen (secondary N) is 1. The molecule has 1 N–H and O–H groups in total. The van der Waals surface area contributed by atoms with Crippen LogP contribution in [0.3, 0.4) is 0 Å². The lowest BCUT2D eigenvalue weighted by atomic mass is 10.1. The van der Waals surface area contributed by atoms with Gasteiger partial charge in [0.25, 0.3) is 0 Å². The van der Waals surface area contributed by atoms with Gasteiger partial charge in [-0.05, 0) is 42.5 Å². The molecule has 2 heterocycles. The van der Waals surface area contributed by atoms with Crippen LogP contribution in [0.2, 0.25) is 0 Å². The zero-order valence-electron chi connectivity index (χ0n) is 16.5. The number of morpholine rings is 1. The first-order valence-electron chi connectivity index (χ1n) is 9.63. The number of benzene rings is 2. The summed E-state index contributed by atoms with van der Waals surface area (Å²) in [5.74, 6) is -0.462. The number of carbonyl (C=O) groups is 1. The largest absolute Gasteiger partial charge is 0.463 e. The number of rotatable bonds is 5. The molecule has 2 aromatic carbocycles. The summed E-state index contributed by atoms with van der Waals surface area (Å²) in [5, 5.41) is 3.07. The van der Waals surface area contributed by atoms with E-state index in [4.69, 9.17) is 9.15 Å². The van der Waals surface area contributed by atoms with Crippen molar-refractivity contribution in [2.75, 3.05) is 31.6 Å². The maximum absolute atomic E-state index is 12.6. The Hall–Kier alpha value is -3.27. The van der Waals surface area contributed by atoms with E-state index in [1.54, 1.807) is 24.3 Å². The van der Waals surface area contributed by atoms with E-state index in [-0.39, 0.29) is 15.9 Å². The average Bonchev–Trinajstić information content (AvgIpc) is 2.80.